The molecule has 22 heavy (non-hydrogen) atoms. The van der Waals surface area contributed by atoms with Crippen molar-refractivity contribution in [2.45, 2.75) is 38.8 Å². The van der Waals surface area contributed by atoms with Gasteiger partial charge < -0.3 is 10.6 Å². The Balaban J connectivity index is 1.96. The number of rotatable bonds is 2. The lowest BCUT2D eigenvalue weighted by Crippen LogP contribution is -2.35. The number of carbonyl (C=O) groups excluding carboxylic acids is 2. The van der Waals surface area contributed by atoms with E-state index in [2.05, 4.69) is 25.6 Å². The number of amidine groups is 2. The lowest BCUT2D eigenvalue weighted by atomic mass is 10.1. The Labute approximate surface area is 128 Å². The van der Waals surface area contributed by atoms with E-state index in [1.807, 2.05) is 0 Å². The molecule has 2 aliphatic heterocycles. The van der Waals surface area contributed by atoms with Gasteiger partial charge in [-0.05, 0) is 39.8 Å². The minimum atomic E-state index is -0.798. The van der Waals surface area contributed by atoms with Gasteiger partial charge >= 0.3 is 0 Å². The Morgan fingerprint density at radius 1 is 0.818 bits per heavy atom. The zero-order valence-electron chi connectivity index (χ0n) is 12.9. The van der Waals surface area contributed by atoms with E-state index >= 15 is 0 Å². The van der Waals surface area contributed by atoms with Crippen molar-refractivity contribution >= 4 is 23.5 Å². The third-order valence-corrected chi connectivity index (χ3v) is 3.59. The van der Waals surface area contributed by atoms with Gasteiger partial charge in [0.05, 0.1) is 0 Å². The number of aliphatic imine (C=N–C) groups is 2. The number of hydrogen-bond donors (Lipinski definition) is 2. The van der Waals surface area contributed by atoms with E-state index in [4.69, 9.17) is 0 Å². The Kier molecular flexibility index (Phi) is 2.91. The lowest BCUT2D eigenvalue weighted by molar-refractivity contribution is -0.123. The SMILES string of the molecule is CC1(C)N=C(c2cccc(C3=NC(C)(C)C(=O)N3)n2)NC1=O. The second-order valence-corrected chi connectivity index (χ2v) is 6.36. The summed E-state index contributed by atoms with van der Waals surface area (Å²) in [5.74, 6) is 0.534. The molecule has 0 aromatic carbocycles. The predicted molar refractivity (Wildman–Crippen MR) is 81.8 cm³/mol. The molecule has 0 atom stereocenters. The molecule has 3 heterocycles. The van der Waals surface area contributed by atoms with Crippen molar-refractivity contribution < 1.29 is 9.59 Å². The van der Waals surface area contributed by atoms with Crippen LogP contribution in [-0.2, 0) is 9.59 Å². The molecule has 0 saturated heterocycles. The zero-order chi connectivity index (χ0) is 16.1. The van der Waals surface area contributed by atoms with Crippen LogP contribution in [0.5, 0.6) is 0 Å². The molecule has 0 fully saturated rings. The van der Waals surface area contributed by atoms with Gasteiger partial charge in [0, 0.05) is 0 Å². The molecule has 2 aliphatic rings. The van der Waals surface area contributed by atoms with Gasteiger partial charge in [-0.2, -0.15) is 0 Å². The van der Waals surface area contributed by atoms with Crippen LogP contribution in [0.25, 0.3) is 0 Å². The molecule has 114 valence electrons. The molecule has 0 aliphatic carbocycles. The van der Waals surface area contributed by atoms with Crippen molar-refractivity contribution in [3.8, 4) is 0 Å². The van der Waals surface area contributed by atoms with Crippen molar-refractivity contribution in [2.24, 2.45) is 9.98 Å². The lowest BCUT2D eigenvalue weighted by Gasteiger charge is -2.07. The van der Waals surface area contributed by atoms with E-state index in [9.17, 15) is 9.59 Å². The highest BCUT2D eigenvalue weighted by Gasteiger charge is 2.36. The van der Waals surface area contributed by atoms with Crippen LogP contribution in [0.15, 0.2) is 28.2 Å². The quantitative estimate of drug-likeness (QED) is 0.827. The van der Waals surface area contributed by atoms with Gasteiger partial charge in [-0.3, -0.25) is 19.6 Å². The third kappa shape index (κ3) is 2.28. The average Bonchev–Trinajstić information content (AvgIpc) is 2.87. The highest BCUT2D eigenvalue weighted by atomic mass is 16.2. The molecule has 1 aromatic heterocycles. The summed E-state index contributed by atoms with van der Waals surface area (Å²) in [6.45, 7) is 6.96. The Bertz CT molecular complexity index is 687. The average molecular weight is 299 g/mol. The molecule has 0 bridgehead atoms. The summed E-state index contributed by atoms with van der Waals surface area (Å²) in [4.78, 5) is 36.8. The highest BCUT2D eigenvalue weighted by Crippen LogP contribution is 2.19. The van der Waals surface area contributed by atoms with E-state index in [0.29, 0.717) is 23.1 Å². The molecular formula is C15H17N5O2. The first kappa shape index (κ1) is 14.4. The van der Waals surface area contributed by atoms with Gasteiger partial charge in [-0.25, -0.2) is 4.98 Å². The second-order valence-electron chi connectivity index (χ2n) is 6.36. The first-order valence-corrected chi connectivity index (χ1v) is 6.99. The summed E-state index contributed by atoms with van der Waals surface area (Å²) < 4.78 is 0. The van der Waals surface area contributed by atoms with Crippen molar-refractivity contribution in [1.82, 2.24) is 15.6 Å². The summed E-state index contributed by atoms with van der Waals surface area (Å²) >= 11 is 0. The number of nitrogens with one attached hydrogen (secondary N) is 2. The number of carbonyl (C=O) groups is 2. The molecule has 3 rings (SSSR count). The fourth-order valence-corrected chi connectivity index (χ4v) is 2.18. The first-order chi connectivity index (χ1) is 10.2. The molecular weight excluding hydrogens is 282 g/mol. The molecule has 2 amide bonds. The van der Waals surface area contributed by atoms with E-state index < -0.39 is 11.1 Å². The van der Waals surface area contributed by atoms with Crippen LogP contribution in [0.3, 0.4) is 0 Å². The molecule has 2 N–H and O–H groups in total. The monoisotopic (exact) mass is 299 g/mol. The summed E-state index contributed by atoms with van der Waals surface area (Å²) in [5, 5.41) is 5.45. The van der Waals surface area contributed by atoms with Crippen molar-refractivity contribution in [3.63, 3.8) is 0 Å². The van der Waals surface area contributed by atoms with Crippen molar-refractivity contribution in [3.05, 3.63) is 29.6 Å². The zero-order valence-corrected chi connectivity index (χ0v) is 12.9. The molecule has 7 nitrogen and oxygen atoms in total. The van der Waals surface area contributed by atoms with Crippen molar-refractivity contribution in [1.29, 1.82) is 0 Å². The van der Waals surface area contributed by atoms with Gasteiger partial charge in [0.15, 0.2) is 11.7 Å². The second kappa shape index (κ2) is 4.46. The van der Waals surface area contributed by atoms with Crippen LogP contribution in [-0.4, -0.2) is 39.5 Å². The van der Waals surface area contributed by atoms with Crippen LogP contribution >= 0.6 is 0 Å². The van der Waals surface area contributed by atoms with Gasteiger partial charge in [-0.1, -0.05) is 6.07 Å². The van der Waals surface area contributed by atoms with Crippen molar-refractivity contribution in [2.75, 3.05) is 0 Å². The Hall–Kier alpha value is -2.57. The summed E-state index contributed by atoms with van der Waals surface area (Å²) in [5.41, 5.74) is -0.515. The molecule has 0 unspecified atom stereocenters. The van der Waals surface area contributed by atoms with Crippen LogP contribution in [0.1, 0.15) is 39.1 Å². The molecule has 7 heteroatoms. The largest absolute Gasteiger partial charge is 0.307 e. The molecule has 0 spiro atoms. The fourth-order valence-electron chi connectivity index (χ4n) is 2.18. The van der Waals surface area contributed by atoms with Gasteiger partial charge in [0.2, 0.25) is 0 Å². The number of aromatic nitrogens is 1. The van der Waals surface area contributed by atoms with E-state index in [0.717, 1.165) is 0 Å². The third-order valence-electron chi connectivity index (χ3n) is 3.59. The maximum absolute atomic E-state index is 11.8. The minimum Gasteiger partial charge on any atom is -0.307 e. The topological polar surface area (TPSA) is 95.8 Å². The Morgan fingerprint density at radius 3 is 1.55 bits per heavy atom. The normalized spacial score (nSPS) is 22.0. The highest BCUT2D eigenvalue weighted by molar-refractivity contribution is 6.16. The van der Waals surface area contributed by atoms with E-state index in [1.54, 1.807) is 45.9 Å². The molecule has 0 saturated carbocycles. The number of amides is 2. The minimum absolute atomic E-state index is 0.164. The number of nitrogens with zero attached hydrogens (tertiary/aromatic N) is 3. The van der Waals surface area contributed by atoms with Gasteiger partial charge in [-0.15, -0.1) is 0 Å². The molecule has 0 radical (unpaired) electrons. The Morgan fingerprint density at radius 2 is 1.23 bits per heavy atom. The van der Waals surface area contributed by atoms with Crippen LogP contribution in [0.2, 0.25) is 0 Å². The van der Waals surface area contributed by atoms with Gasteiger partial charge in [0.1, 0.15) is 22.5 Å². The summed E-state index contributed by atoms with van der Waals surface area (Å²) in [6.07, 6.45) is 0. The standard InChI is InChI=1S/C15H17N5O2/c1-14(2)12(21)17-10(19-14)8-6-5-7-9(16-8)11-18-13(22)15(3,4)20-11/h5-7H,1-4H3,(H,17,19,21)(H,18,20,22). The smallest absolute Gasteiger partial charge is 0.252 e. The van der Waals surface area contributed by atoms with E-state index in [1.165, 1.54) is 0 Å². The first-order valence-electron chi connectivity index (χ1n) is 6.99. The molecule has 1 aromatic rings. The number of pyridine rings is 1. The maximum Gasteiger partial charge on any atom is 0.252 e. The predicted octanol–water partition coefficient (Wildman–Crippen LogP) is 0.392. The summed E-state index contributed by atoms with van der Waals surface area (Å²) in [6, 6.07) is 5.30. The van der Waals surface area contributed by atoms with Gasteiger partial charge in [0.25, 0.3) is 11.8 Å². The number of hydrogen-bond acceptors (Lipinski definition) is 5. The summed E-state index contributed by atoms with van der Waals surface area (Å²) in [7, 11) is 0. The van der Waals surface area contributed by atoms with E-state index in [-0.39, 0.29) is 11.8 Å². The van der Waals surface area contributed by atoms with Crippen LogP contribution < -0.4 is 10.6 Å². The maximum atomic E-state index is 11.8. The fraction of sp³-hybridized carbons (Fsp3) is 0.400. The van der Waals surface area contributed by atoms with Crippen LogP contribution in [0, 0.1) is 0 Å². The van der Waals surface area contributed by atoms with Crippen LogP contribution in [0.4, 0.5) is 0 Å².